The second-order valence-corrected chi connectivity index (χ2v) is 8.46. The molecule has 2 heterocycles. The van der Waals surface area contributed by atoms with Crippen LogP contribution in [0.4, 0.5) is 10.5 Å². The summed E-state index contributed by atoms with van der Waals surface area (Å²) in [6.07, 6.45) is 2.01. The van der Waals surface area contributed by atoms with Crippen molar-refractivity contribution in [2.24, 2.45) is 0 Å². The Morgan fingerprint density at radius 1 is 0.971 bits per heavy atom. The van der Waals surface area contributed by atoms with Gasteiger partial charge in [0.25, 0.3) is 0 Å². The molecule has 1 aromatic heterocycles. The van der Waals surface area contributed by atoms with Gasteiger partial charge in [-0.1, -0.05) is 48.0 Å². The van der Waals surface area contributed by atoms with Gasteiger partial charge in [0.1, 0.15) is 0 Å². The highest BCUT2D eigenvalue weighted by molar-refractivity contribution is 6.30. The van der Waals surface area contributed by atoms with Gasteiger partial charge in [0.2, 0.25) is 0 Å². The minimum Gasteiger partial charge on any atom is -0.465 e. The van der Waals surface area contributed by atoms with Crippen molar-refractivity contribution < 1.29 is 14.3 Å². The molecule has 5 rings (SSSR count). The number of esters is 1. The molecule has 2 amide bonds. The average Bonchev–Trinajstić information content (AvgIpc) is 3.27. The summed E-state index contributed by atoms with van der Waals surface area (Å²) in [6.45, 7) is 0.386. The van der Waals surface area contributed by atoms with E-state index >= 15 is 0 Å². The van der Waals surface area contributed by atoms with Crippen LogP contribution in [0.25, 0.3) is 5.69 Å². The second-order valence-electron chi connectivity index (χ2n) is 8.02. The number of nitrogens with one attached hydrogen (secondary N) is 1. The van der Waals surface area contributed by atoms with Crippen molar-refractivity contribution in [2.75, 3.05) is 12.4 Å². The first-order chi connectivity index (χ1) is 16.5. The fourth-order valence-electron chi connectivity index (χ4n) is 4.40. The van der Waals surface area contributed by atoms with Crippen LogP contribution in [-0.4, -0.2) is 28.6 Å². The molecular formula is C27H22ClN3O3. The van der Waals surface area contributed by atoms with Crippen LogP contribution in [0.15, 0.2) is 91.1 Å². The van der Waals surface area contributed by atoms with Gasteiger partial charge >= 0.3 is 12.0 Å². The van der Waals surface area contributed by atoms with Crippen molar-refractivity contribution in [1.82, 2.24) is 9.47 Å². The zero-order valence-corrected chi connectivity index (χ0v) is 19.2. The van der Waals surface area contributed by atoms with E-state index in [1.807, 2.05) is 60.8 Å². The van der Waals surface area contributed by atoms with Crippen molar-refractivity contribution in [3.63, 3.8) is 0 Å². The number of rotatable bonds is 3. The van der Waals surface area contributed by atoms with Crippen molar-refractivity contribution in [1.29, 1.82) is 0 Å². The van der Waals surface area contributed by atoms with E-state index in [2.05, 4.69) is 16.0 Å². The van der Waals surface area contributed by atoms with Crippen LogP contribution >= 0.6 is 11.6 Å². The highest BCUT2D eigenvalue weighted by Crippen LogP contribution is 2.37. The number of halogens is 1. The number of anilines is 1. The molecule has 170 valence electrons. The summed E-state index contributed by atoms with van der Waals surface area (Å²) in [5.74, 6) is -0.463. The molecule has 0 bridgehead atoms. The number of ether oxygens (including phenoxy) is 1. The van der Waals surface area contributed by atoms with Crippen LogP contribution in [0.5, 0.6) is 0 Å². The van der Waals surface area contributed by atoms with E-state index in [1.54, 1.807) is 29.2 Å². The van der Waals surface area contributed by atoms with E-state index in [9.17, 15) is 9.59 Å². The predicted octanol–water partition coefficient (Wildman–Crippen LogP) is 6.05. The quantitative estimate of drug-likeness (QED) is 0.370. The van der Waals surface area contributed by atoms with E-state index in [1.165, 1.54) is 7.11 Å². The second kappa shape index (κ2) is 9.08. The van der Waals surface area contributed by atoms with Crippen molar-refractivity contribution in [3.8, 4) is 5.69 Å². The molecule has 4 aromatic rings. The maximum Gasteiger partial charge on any atom is 0.337 e. The highest BCUT2D eigenvalue weighted by atomic mass is 35.5. The number of carbonyl (C=O) groups is 2. The molecule has 1 N–H and O–H groups in total. The predicted molar refractivity (Wildman–Crippen MR) is 131 cm³/mol. The zero-order chi connectivity index (χ0) is 23.7. The van der Waals surface area contributed by atoms with Crippen LogP contribution in [-0.2, 0) is 11.3 Å². The first kappa shape index (κ1) is 21.8. The maximum absolute atomic E-state index is 13.7. The number of urea groups is 1. The van der Waals surface area contributed by atoms with Gasteiger partial charge < -0.3 is 19.5 Å². The van der Waals surface area contributed by atoms with Crippen LogP contribution in [0.1, 0.15) is 33.2 Å². The van der Waals surface area contributed by atoms with Gasteiger partial charge in [-0.3, -0.25) is 0 Å². The van der Waals surface area contributed by atoms with Crippen LogP contribution in [0.3, 0.4) is 0 Å². The number of fused-ring (bicyclic) bond motifs is 3. The molecule has 6 nitrogen and oxygen atoms in total. The zero-order valence-electron chi connectivity index (χ0n) is 18.4. The number of carbonyl (C=O) groups excluding carboxylic acids is 2. The molecule has 1 aliphatic heterocycles. The van der Waals surface area contributed by atoms with Gasteiger partial charge in [0.05, 0.1) is 30.9 Å². The molecule has 0 fully saturated rings. The van der Waals surface area contributed by atoms with Gasteiger partial charge in [0, 0.05) is 22.6 Å². The molecule has 0 radical (unpaired) electrons. The van der Waals surface area contributed by atoms with Crippen LogP contribution < -0.4 is 5.32 Å². The minimum absolute atomic E-state index is 0.295. The van der Waals surface area contributed by atoms with E-state index in [0.29, 0.717) is 22.8 Å². The lowest BCUT2D eigenvalue weighted by molar-refractivity contribution is 0.0600. The Morgan fingerprint density at radius 2 is 1.79 bits per heavy atom. The summed E-state index contributed by atoms with van der Waals surface area (Å²) in [5, 5.41) is 3.56. The van der Waals surface area contributed by atoms with Gasteiger partial charge in [-0.05, 0) is 59.7 Å². The normalized spacial score (nSPS) is 14.5. The van der Waals surface area contributed by atoms with E-state index < -0.39 is 5.97 Å². The van der Waals surface area contributed by atoms with Gasteiger partial charge in [-0.25, -0.2) is 9.59 Å². The van der Waals surface area contributed by atoms with E-state index in [4.69, 9.17) is 16.3 Å². The number of amides is 2. The molecule has 34 heavy (non-hydrogen) atoms. The third kappa shape index (κ3) is 4.04. The molecule has 1 aliphatic rings. The molecule has 1 atom stereocenters. The number of para-hydroxylation sites is 1. The Balaban J connectivity index is 1.59. The van der Waals surface area contributed by atoms with E-state index in [0.717, 1.165) is 22.5 Å². The van der Waals surface area contributed by atoms with E-state index in [-0.39, 0.29) is 12.1 Å². The summed E-state index contributed by atoms with van der Waals surface area (Å²) in [7, 11) is 1.33. The SMILES string of the molecule is COC(=O)c1cccc(NC(=O)N2Cc3ccccc3-n3cccc3[C@H]2c2cccc(Cl)c2)c1. The fraction of sp³-hybridized carbons (Fsp3) is 0.111. The summed E-state index contributed by atoms with van der Waals surface area (Å²) >= 11 is 6.34. The first-order valence-electron chi connectivity index (χ1n) is 10.8. The standard InChI is InChI=1S/C27H22ClN3O3/c1-34-26(32)19-9-5-11-22(16-19)29-27(33)31-17-20-7-2-3-12-23(20)30-14-6-13-24(30)25(31)18-8-4-10-21(28)15-18/h2-16,25H,17H2,1H3,(H,29,33)/t25-/m1/s1. The summed E-state index contributed by atoms with van der Waals surface area (Å²) < 4.78 is 6.92. The fourth-order valence-corrected chi connectivity index (χ4v) is 4.60. The lowest BCUT2D eigenvalue weighted by atomic mass is 10.0. The summed E-state index contributed by atoms with van der Waals surface area (Å²) in [4.78, 5) is 27.5. The third-order valence-corrected chi connectivity index (χ3v) is 6.16. The number of methoxy groups -OCH3 is 1. The number of hydrogen-bond donors (Lipinski definition) is 1. The minimum atomic E-state index is -0.463. The Bertz CT molecular complexity index is 1380. The van der Waals surface area contributed by atoms with Gasteiger partial charge in [-0.2, -0.15) is 0 Å². The molecule has 3 aromatic carbocycles. The Labute approximate surface area is 202 Å². The number of benzene rings is 3. The van der Waals surface area contributed by atoms with Crippen molar-refractivity contribution >= 4 is 29.3 Å². The van der Waals surface area contributed by atoms with Gasteiger partial charge in [-0.15, -0.1) is 0 Å². The number of nitrogens with zero attached hydrogens (tertiary/aromatic N) is 2. The summed E-state index contributed by atoms with van der Waals surface area (Å²) in [6, 6.07) is 25.6. The number of aromatic nitrogens is 1. The molecule has 0 aliphatic carbocycles. The van der Waals surface area contributed by atoms with Crippen molar-refractivity contribution in [2.45, 2.75) is 12.6 Å². The molecule has 7 heteroatoms. The molecule has 0 spiro atoms. The molecule has 0 unspecified atom stereocenters. The molecule has 0 saturated carbocycles. The van der Waals surface area contributed by atoms with Crippen LogP contribution in [0.2, 0.25) is 5.02 Å². The van der Waals surface area contributed by atoms with Crippen molar-refractivity contribution in [3.05, 3.63) is 119 Å². The maximum atomic E-state index is 13.7. The van der Waals surface area contributed by atoms with Crippen LogP contribution in [0, 0.1) is 0 Å². The largest absolute Gasteiger partial charge is 0.465 e. The smallest absolute Gasteiger partial charge is 0.337 e. The Morgan fingerprint density at radius 3 is 2.62 bits per heavy atom. The Hall–Kier alpha value is -4.03. The third-order valence-electron chi connectivity index (χ3n) is 5.92. The number of hydrogen-bond acceptors (Lipinski definition) is 3. The topological polar surface area (TPSA) is 63.6 Å². The lowest BCUT2D eigenvalue weighted by Gasteiger charge is -2.31. The highest BCUT2D eigenvalue weighted by Gasteiger charge is 2.33. The first-order valence-corrected chi connectivity index (χ1v) is 11.2. The summed E-state index contributed by atoms with van der Waals surface area (Å²) in [5.41, 5.74) is 4.76. The average molecular weight is 472 g/mol. The molecular weight excluding hydrogens is 450 g/mol. The monoisotopic (exact) mass is 471 g/mol. The Kier molecular flexibility index (Phi) is 5.82. The molecule has 0 saturated heterocycles. The lowest BCUT2D eigenvalue weighted by Crippen LogP contribution is -2.38. The van der Waals surface area contributed by atoms with Gasteiger partial charge in [0.15, 0.2) is 0 Å².